The molecular formula is C11H10BrN3O3. The topological polar surface area (TPSA) is 91.2 Å². The molecule has 7 heteroatoms. The van der Waals surface area contributed by atoms with Crippen molar-refractivity contribution in [3.63, 3.8) is 0 Å². The normalized spacial score (nSPS) is 10.3. The van der Waals surface area contributed by atoms with Crippen LogP contribution in [-0.2, 0) is 4.74 Å². The predicted molar refractivity (Wildman–Crippen MR) is 67.8 cm³/mol. The van der Waals surface area contributed by atoms with Gasteiger partial charge in [0.05, 0.1) is 6.61 Å². The van der Waals surface area contributed by atoms with Gasteiger partial charge in [-0.25, -0.2) is 4.79 Å². The third-order valence-corrected chi connectivity index (χ3v) is 2.82. The Balaban J connectivity index is 2.29. The van der Waals surface area contributed by atoms with Crippen LogP contribution in [0.1, 0.15) is 17.5 Å². The zero-order valence-corrected chi connectivity index (χ0v) is 11.1. The molecule has 0 spiro atoms. The maximum Gasteiger partial charge on any atom is 0.379 e. The first kappa shape index (κ1) is 12.6. The van der Waals surface area contributed by atoms with Gasteiger partial charge in [-0.15, -0.1) is 0 Å². The fourth-order valence-electron chi connectivity index (χ4n) is 1.28. The molecule has 0 unspecified atom stereocenters. The second kappa shape index (κ2) is 5.18. The standard InChI is InChI=1S/C11H10BrN3O3/c1-2-17-11(16)9-14-10(18-15-9)6-3-4-8(13)7(12)5-6/h3-5H,2,13H2,1H3. The Morgan fingerprint density at radius 3 is 3.00 bits per heavy atom. The van der Waals surface area contributed by atoms with Gasteiger partial charge < -0.3 is 15.0 Å². The molecule has 18 heavy (non-hydrogen) atoms. The van der Waals surface area contributed by atoms with Gasteiger partial charge in [0.1, 0.15) is 0 Å². The van der Waals surface area contributed by atoms with Crippen molar-refractivity contribution in [1.82, 2.24) is 10.1 Å². The summed E-state index contributed by atoms with van der Waals surface area (Å²) in [5, 5.41) is 3.56. The molecule has 6 nitrogen and oxygen atoms in total. The molecule has 0 aliphatic heterocycles. The maximum atomic E-state index is 11.4. The van der Waals surface area contributed by atoms with E-state index in [0.717, 1.165) is 4.47 Å². The van der Waals surface area contributed by atoms with Crippen molar-refractivity contribution >= 4 is 27.6 Å². The van der Waals surface area contributed by atoms with Crippen LogP contribution in [0, 0.1) is 0 Å². The highest BCUT2D eigenvalue weighted by Crippen LogP contribution is 2.26. The van der Waals surface area contributed by atoms with Gasteiger partial charge in [0.2, 0.25) is 0 Å². The van der Waals surface area contributed by atoms with E-state index in [2.05, 4.69) is 26.1 Å². The molecule has 1 aromatic heterocycles. The highest BCUT2D eigenvalue weighted by molar-refractivity contribution is 9.10. The average Bonchev–Trinajstić information content (AvgIpc) is 2.82. The number of benzene rings is 1. The van der Waals surface area contributed by atoms with Crippen molar-refractivity contribution in [3.8, 4) is 11.5 Å². The summed E-state index contributed by atoms with van der Waals surface area (Å²) in [6.07, 6.45) is 0. The van der Waals surface area contributed by atoms with Gasteiger partial charge in [-0.2, -0.15) is 4.98 Å². The summed E-state index contributed by atoms with van der Waals surface area (Å²) in [7, 11) is 0. The van der Waals surface area contributed by atoms with E-state index in [1.807, 2.05) is 0 Å². The molecule has 94 valence electrons. The fraction of sp³-hybridized carbons (Fsp3) is 0.182. The molecule has 0 amide bonds. The number of aromatic nitrogens is 2. The molecule has 2 N–H and O–H groups in total. The van der Waals surface area contributed by atoms with Crippen LogP contribution in [0.3, 0.4) is 0 Å². The lowest BCUT2D eigenvalue weighted by atomic mass is 10.2. The molecule has 0 fully saturated rings. The smallest absolute Gasteiger partial charge is 0.379 e. The lowest BCUT2D eigenvalue weighted by molar-refractivity contribution is 0.0508. The summed E-state index contributed by atoms with van der Waals surface area (Å²) < 4.78 is 10.5. The number of carbonyl (C=O) groups is 1. The van der Waals surface area contributed by atoms with Crippen LogP contribution in [0.4, 0.5) is 5.69 Å². The average molecular weight is 312 g/mol. The van der Waals surface area contributed by atoms with Crippen molar-refractivity contribution < 1.29 is 14.1 Å². The zero-order chi connectivity index (χ0) is 13.1. The Hall–Kier alpha value is -1.89. The van der Waals surface area contributed by atoms with Crippen molar-refractivity contribution in [2.24, 2.45) is 0 Å². The first-order valence-electron chi connectivity index (χ1n) is 5.18. The van der Waals surface area contributed by atoms with Crippen molar-refractivity contribution in [2.75, 3.05) is 12.3 Å². The van der Waals surface area contributed by atoms with E-state index in [4.69, 9.17) is 15.0 Å². The number of carbonyl (C=O) groups excluding carboxylic acids is 1. The number of anilines is 1. The van der Waals surface area contributed by atoms with Gasteiger partial charge in [0.25, 0.3) is 11.7 Å². The number of nitrogens with two attached hydrogens (primary N) is 1. The highest BCUT2D eigenvalue weighted by Gasteiger charge is 2.16. The first-order chi connectivity index (χ1) is 8.61. The van der Waals surface area contributed by atoms with Gasteiger partial charge in [-0.3, -0.25) is 0 Å². The number of nitrogens with zero attached hydrogens (tertiary/aromatic N) is 2. The monoisotopic (exact) mass is 311 g/mol. The molecule has 0 aliphatic rings. The van der Waals surface area contributed by atoms with E-state index < -0.39 is 5.97 Å². The summed E-state index contributed by atoms with van der Waals surface area (Å²) in [6, 6.07) is 5.16. The first-order valence-corrected chi connectivity index (χ1v) is 5.97. The summed E-state index contributed by atoms with van der Waals surface area (Å²) in [5.41, 5.74) is 6.94. The maximum absolute atomic E-state index is 11.4. The largest absolute Gasteiger partial charge is 0.460 e. The van der Waals surface area contributed by atoms with E-state index in [1.54, 1.807) is 25.1 Å². The molecule has 2 aromatic rings. The lowest BCUT2D eigenvalue weighted by Gasteiger charge is -1.99. The van der Waals surface area contributed by atoms with Gasteiger partial charge in [-0.05, 0) is 46.2 Å². The van der Waals surface area contributed by atoms with E-state index in [1.165, 1.54) is 0 Å². The minimum atomic E-state index is -0.609. The fourth-order valence-corrected chi connectivity index (χ4v) is 1.66. The second-order valence-corrected chi connectivity index (χ2v) is 4.23. The molecular weight excluding hydrogens is 302 g/mol. The molecule has 0 atom stereocenters. The van der Waals surface area contributed by atoms with Crippen LogP contribution in [-0.4, -0.2) is 22.7 Å². The number of ether oxygens (including phenoxy) is 1. The molecule has 0 saturated carbocycles. The Morgan fingerprint density at radius 1 is 1.56 bits per heavy atom. The molecule has 0 aliphatic carbocycles. The molecule has 0 radical (unpaired) electrons. The van der Waals surface area contributed by atoms with Crippen molar-refractivity contribution in [2.45, 2.75) is 6.92 Å². The van der Waals surface area contributed by atoms with Gasteiger partial charge >= 0.3 is 5.97 Å². The summed E-state index contributed by atoms with van der Waals surface area (Å²) in [6.45, 7) is 1.96. The van der Waals surface area contributed by atoms with Crippen LogP contribution in [0.5, 0.6) is 0 Å². The van der Waals surface area contributed by atoms with Crippen molar-refractivity contribution in [1.29, 1.82) is 0 Å². The molecule has 0 bridgehead atoms. The summed E-state index contributed by atoms with van der Waals surface area (Å²) in [5.74, 6) is -0.472. The van der Waals surface area contributed by atoms with E-state index >= 15 is 0 Å². The third-order valence-electron chi connectivity index (χ3n) is 2.13. The molecule has 2 rings (SSSR count). The van der Waals surface area contributed by atoms with E-state index in [0.29, 0.717) is 11.3 Å². The van der Waals surface area contributed by atoms with Crippen molar-refractivity contribution in [3.05, 3.63) is 28.5 Å². The summed E-state index contributed by atoms with van der Waals surface area (Å²) >= 11 is 3.30. The third kappa shape index (κ3) is 2.51. The Labute approximate surface area is 111 Å². The lowest BCUT2D eigenvalue weighted by Crippen LogP contribution is -2.06. The zero-order valence-electron chi connectivity index (χ0n) is 9.51. The minimum Gasteiger partial charge on any atom is -0.460 e. The van der Waals surface area contributed by atoms with Crippen LogP contribution in [0.15, 0.2) is 27.2 Å². The predicted octanol–water partition coefficient (Wildman–Crippen LogP) is 2.26. The number of nitrogen functional groups attached to an aromatic ring is 1. The quantitative estimate of drug-likeness (QED) is 0.690. The highest BCUT2D eigenvalue weighted by atomic mass is 79.9. The van der Waals surface area contributed by atoms with E-state index in [-0.39, 0.29) is 18.3 Å². The van der Waals surface area contributed by atoms with Gasteiger partial charge in [-0.1, -0.05) is 0 Å². The Morgan fingerprint density at radius 2 is 2.33 bits per heavy atom. The van der Waals surface area contributed by atoms with Gasteiger partial charge in [0, 0.05) is 15.7 Å². The molecule has 1 heterocycles. The van der Waals surface area contributed by atoms with Crippen LogP contribution < -0.4 is 5.73 Å². The minimum absolute atomic E-state index is 0.0974. The Bertz CT molecular complexity index is 583. The van der Waals surface area contributed by atoms with Gasteiger partial charge in [0.15, 0.2) is 0 Å². The molecule has 1 aromatic carbocycles. The summed E-state index contributed by atoms with van der Waals surface area (Å²) in [4.78, 5) is 15.3. The number of rotatable bonds is 3. The SMILES string of the molecule is CCOC(=O)c1noc(-c2ccc(N)c(Br)c2)n1. The van der Waals surface area contributed by atoms with E-state index in [9.17, 15) is 4.79 Å². The number of hydrogen-bond donors (Lipinski definition) is 1. The number of hydrogen-bond acceptors (Lipinski definition) is 6. The number of esters is 1. The number of halogens is 1. The Kier molecular flexibility index (Phi) is 3.61. The van der Waals surface area contributed by atoms with Crippen LogP contribution in [0.2, 0.25) is 0 Å². The second-order valence-electron chi connectivity index (χ2n) is 3.38. The van der Waals surface area contributed by atoms with Crippen LogP contribution in [0.25, 0.3) is 11.5 Å². The van der Waals surface area contributed by atoms with Crippen LogP contribution >= 0.6 is 15.9 Å². The molecule has 0 saturated heterocycles.